The molecule has 0 unspecified atom stereocenters. The van der Waals surface area contributed by atoms with Gasteiger partial charge in [0.15, 0.2) is 5.78 Å². The second kappa shape index (κ2) is 5.11. The summed E-state index contributed by atoms with van der Waals surface area (Å²) >= 11 is 6.00. The molecule has 0 saturated carbocycles. The molecule has 4 rings (SSSR count). The van der Waals surface area contributed by atoms with Gasteiger partial charge in [-0.2, -0.15) is 0 Å². The summed E-state index contributed by atoms with van der Waals surface area (Å²) < 4.78 is 0. The summed E-state index contributed by atoms with van der Waals surface area (Å²) in [5, 5.41) is 9.41. The molecule has 6 heteroatoms. The number of nitrogens with one attached hydrogen (secondary N) is 3. The van der Waals surface area contributed by atoms with Crippen molar-refractivity contribution >= 4 is 23.2 Å². The van der Waals surface area contributed by atoms with Crippen molar-refractivity contribution in [1.82, 2.24) is 10.2 Å². The fourth-order valence-corrected chi connectivity index (χ4v) is 3.93. The van der Waals surface area contributed by atoms with E-state index in [1.807, 2.05) is 12.1 Å². The van der Waals surface area contributed by atoms with Crippen LogP contribution in [0.3, 0.4) is 0 Å². The normalized spacial score (nSPS) is 22.0. The molecule has 3 N–H and O–H groups in total. The molecule has 124 valence electrons. The van der Waals surface area contributed by atoms with Gasteiger partial charge in [0.1, 0.15) is 5.82 Å². The molecule has 2 aromatic rings. The number of H-pyrrole nitrogens is 2. The Morgan fingerprint density at radius 2 is 1.79 bits per heavy atom. The van der Waals surface area contributed by atoms with Gasteiger partial charge >= 0.3 is 0 Å². The number of aromatic nitrogens is 2. The average Bonchev–Trinajstić information content (AvgIpc) is 2.86. The first-order valence-electron chi connectivity index (χ1n) is 7.95. The van der Waals surface area contributed by atoms with E-state index in [2.05, 4.69) is 29.4 Å². The Kier molecular flexibility index (Phi) is 3.25. The standard InChI is InChI=1S/C18H18ClN3O2/c1-18(2)7-11-14(12(23)8-18)13(9-3-5-10(19)6-4-9)15-16(20-11)21-22-17(15)24/h3-6,13H,7-8H2,1-2H3,(H3,20,21,22,24)/t13-/m0/s1. The summed E-state index contributed by atoms with van der Waals surface area (Å²) in [6, 6.07) is 7.34. The molecule has 1 aliphatic heterocycles. The third kappa shape index (κ3) is 2.31. The van der Waals surface area contributed by atoms with Gasteiger partial charge in [0.2, 0.25) is 0 Å². The van der Waals surface area contributed by atoms with Crippen molar-refractivity contribution in [2.45, 2.75) is 32.6 Å². The van der Waals surface area contributed by atoms with Crippen LogP contribution in [0.1, 0.15) is 43.7 Å². The van der Waals surface area contributed by atoms with E-state index in [1.165, 1.54) is 0 Å². The number of carbonyl (C=O) groups is 1. The zero-order chi connectivity index (χ0) is 17.1. The lowest BCUT2D eigenvalue weighted by molar-refractivity contribution is -0.118. The molecule has 0 amide bonds. The number of allylic oxidation sites excluding steroid dienone is 2. The molecule has 0 bridgehead atoms. The van der Waals surface area contributed by atoms with Crippen LogP contribution >= 0.6 is 11.6 Å². The maximum atomic E-state index is 12.9. The summed E-state index contributed by atoms with van der Waals surface area (Å²) in [7, 11) is 0. The van der Waals surface area contributed by atoms with Crippen LogP contribution in [-0.4, -0.2) is 16.0 Å². The number of ketones is 1. The zero-order valence-corrected chi connectivity index (χ0v) is 14.3. The van der Waals surface area contributed by atoms with Crippen molar-refractivity contribution in [3.63, 3.8) is 0 Å². The van der Waals surface area contributed by atoms with Crippen LogP contribution in [0.4, 0.5) is 5.82 Å². The van der Waals surface area contributed by atoms with Gasteiger partial charge in [0.25, 0.3) is 5.56 Å². The van der Waals surface area contributed by atoms with Crippen molar-refractivity contribution in [3.05, 3.63) is 62.0 Å². The molecule has 5 nitrogen and oxygen atoms in total. The Balaban J connectivity index is 1.94. The number of rotatable bonds is 1. The third-order valence-electron chi connectivity index (χ3n) is 4.79. The number of benzene rings is 1. The lowest BCUT2D eigenvalue weighted by Crippen LogP contribution is -2.34. The Morgan fingerprint density at radius 3 is 2.50 bits per heavy atom. The van der Waals surface area contributed by atoms with Crippen molar-refractivity contribution in [3.8, 4) is 0 Å². The van der Waals surface area contributed by atoms with Gasteiger partial charge < -0.3 is 5.32 Å². The number of anilines is 1. The number of fused-ring (bicyclic) bond motifs is 1. The first-order valence-corrected chi connectivity index (χ1v) is 8.33. The van der Waals surface area contributed by atoms with Crippen LogP contribution in [-0.2, 0) is 4.79 Å². The fourth-order valence-electron chi connectivity index (χ4n) is 3.81. The molecule has 0 fully saturated rings. The first-order chi connectivity index (χ1) is 11.4. The average molecular weight is 344 g/mol. The van der Waals surface area contributed by atoms with E-state index in [0.717, 1.165) is 17.7 Å². The van der Waals surface area contributed by atoms with Crippen molar-refractivity contribution in [2.75, 3.05) is 5.32 Å². The summed E-state index contributed by atoms with van der Waals surface area (Å²) in [6.07, 6.45) is 1.25. The van der Waals surface area contributed by atoms with E-state index >= 15 is 0 Å². The second-order valence-corrected chi connectivity index (χ2v) is 7.75. The lowest BCUT2D eigenvalue weighted by Gasteiger charge is -2.37. The first kappa shape index (κ1) is 15.3. The Labute approximate surface area is 144 Å². The molecular weight excluding hydrogens is 326 g/mol. The summed E-state index contributed by atoms with van der Waals surface area (Å²) in [5.41, 5.74) is 2.76. The number of halogens is 1. The van der Waals surface area contributed by atoms with E-state index in [-0.39, 0.29) is 22.7 Å². The van der Waals surface area contributed by atoms with E-state index in [9.17, 15) is 9.59 Å². The highest BCUT2D eigenvalue weighted by Crippen LogP contribution is 2.47. The highest BCUT2D eigenvalue weighted by molar-refractivity contribution is 6.30. The van der Waals surface area contributed by atoms with Gasteiger partial charge in [-0.25, -0.2) is 0 Å². The molecule has 1 aromatic carbocycles. The molecule has 0 saturated heterocycles. The van der Waals surface area contributed by atoms with E-state index in [1.54, 1.807) is 12.1 Å². The molecule has 24 heavy (non-hydrogen) atoms. The minimum absolute atomic E-state index is 0.0957. The maximum Gasteiger partial charge on any atom is 0.270 e. The minimum atomic E-state index is -0.368. The molecule has 0 spiro atoms. The Bertz CT molecular complexity index is 918. The number of aromatic amines is 2. The topological polar surface area (TPSA) is 77.8 Å². The monoisotopic (exact) mass is 343 g/mol. The molecular formula is C18H18ClN3O2. The molecule has 0 radical (unpaired) electrons. The number of Topliss-reactive ketones (excluding diaryl/α,β-unsaturated/α-hetero) is 1. The third-order valence-corrected chi connectivity index (χ3v) is 5.04. The summed E-state index contributed by atoms with van der Waals surface area (Å²) in [4.78, 5) is 25.2. The Morgan fingerprint density at radius 1 is 1.08 bits per heavy atom. The highest BCUT2D eigenvalue weighted by atomic mass is 35.5. The Hall–Kier alpha value is -2.27. The van der Waals surface area contributed by atoms with Gasteiger partial charge in [-0.1, -0.05) is 37.6 Å². The maximum absolute atomic E-state index is 12.9. The quantitative estimate of drug-likeness (QED) is 0.741. The predicted octanol–water partition coefficient (Wildman–Crippen LogP) is 3.56. The van der Waals surface area contributed by atoms with Gasteiger partial charge in [0, 0.05) is 28.6 Å². The molecule has 2 aliphatic rings. The van der Waals surface area contributed by atoms with E-state index in [4.69, 9.17) is 11.6 Å². The molecule has 2 heterocycles. The van der Waals surface area contributed by atoms with Crippen LogP contribution < -0.4 is 10.9 Å². The fraction of sp³-hybridized carbons (Fsp3) is 0.333. The smallest absolute Gasteiger partial charge is 0.270 e. The predicted molar refractivity (Wildman–Crippen MR) is 93.4 cm³/mol. The van der Waals surface area contributed by atoms with Crippen molar-refractivity contribution in [1.29, 1.82) is 0 Å². The van der Waals surface area contributed by atoms with Gasteiger partial charge in [-0.05, 0) is 29.5 Å². The largest absolute Gasteiger partial charge is 0.343 e. The summed E-state index contributed by atoms with van der Waals surface area (Å²) in [5.74, 6) is 0.372. The van der Waals surface area contributed by atoms with E-state index in [0.29, 0.717) is 28.4 Å². The molecule has 1 aliphatic carbocycles. The summed E-state index contributed by atoms with van der Waals surface area (Å²) in [6.45, 7) is 4.17. The van der Waals surface area contributed by atoms with Crippen LogP contribution in [0, 0.1) is 5.41 Å². The van der Waals surface area contributed by atoms with Gasteiger partial charge in [0.05, 0.1) is 5.56 Å². The SMILES string of the molecule is CC1(C)CC(=O)C2=C(C1)Nc1[nH][nH]c(=O)c1[C@H]2c1ccc(Cl)cc1. The van der Waals surface area contributed by atoms with Crippen LogP contribution in [0.15, 0.2) is 40.3 Å². The number of hydrogen-bond donors (Lipinski definition) is 3. The minimum Gasteiger partial charge on any atom is -0.343 e. The zero-order valence-electron chi connectivity index (χ0n) is 13.5. The number of carbonyl (C=O) groups excluding carboxylic acids is 1. The second-order valence-electron chi connectivity index (χ2n) is 7.31. The van der Waals surface area contributed by atoms with Gasteiger partial charge in [-0.3, -0.25) is 19.8 Å². The molecule has 1 atom stereocenters. The van der Waals surface area contributed by atoms with Crippen LogP contribution in [0.5, 0.6) is 0 Å². The van der Waals surface area contributed by atoms with E-state index < -0.39 is 0 Å². The van der Waals surface area contributed by atoms with Crippen LogP contribution in [0.2, 0.25) is 5.02 Å². The lowest BCUT2D eigenvalue weighted by atomic mass is 9.69. The van der Waals surface area contributed by atoms with Crippen molar-refractivity contribution < 1.29 is 4.79 Å². The highest BCUT2D eigenvalue weighted by Gasteiger charge is 2.42. The van der Waals surface area contributed by atoms with Crippen molar-refractivity contribution in [2.24, 2.45) is 5.41 Å². The van der Waals surface area contributed by atoms with Crippen LogP contribution in [0.25, 0.3) is 0 Å². The van der Waals surface area contributed by atoms with Gasteiger partial charge in [-0.15, -0.1) is 0 Å². The molecule has 1 aromatic heterocycles. The number of hydrogen-bond acceptors (Lipinski definition) is 3.